The Balaban J connectivity index is 0.000000351. The first-order chi connectivity index (χ1) is 11.2. The van der Waals surface area contributed by atoms with Crippen LogP contribution in [0.15, 0.2) is 24.3 Å². The average molecular weight is 336 g/mol. The third-order valence-corrected chi connectivity index (χ3v) is 3.95. The zero-order valence-electron chi connectivity index (χ0n) is 14.9. The van der Waals surface area contributed by atoms with E-state index in [0.717, 1.165) is 37.2 Å². The number of methoxy groups -OCH3 is 1. The molecule has 1 aromatic rings. The molecule has 134 valence electrons. The first-order valence-electron chi connectivity index (χ1n) is 8.02. The molecule has 0 bridgehead atoms. The second-order valence-corrected chi connectivity index (χ2v) is 6.75. The summed E-state index contributed by atoms with van der Waals surface area (Å²) < 4.78 is 9.75. The Morgan fingerprint density at radius 2 is 1.92 bits per heavy atom. The molecular formula is C18H28N2O4. The van der Waals surface area contributed by atoms with E-state index in [1.54, 1.807) is 7.11 Å². The van der Waals surface area contributed by atoms with Gasteiger partial charge in [0.1, 0.15) is 11.4 Å². The molecule has 0 spiro atoms. The van der Waals surface area contributed by atoms with Gasteiger partial charge in [-0.2, -0.15) is 0 Å². The average Bonchev–Trinajstić information content (AvgIpc) is 2.55. The lowest BCUT2D eigenvalue weighted by atomic mass is 9.72. The Morgan fingerprint density at radius 3 is 2.33 bits per heavy atom. The molecule has 3 N–H and O–H groups in total. The molecule has 0 unspecified atom stereocenters. The molecular weight excluding hydrogens is 308 g/mol. The van der Waals surface area contributed by atoms with Gasteiger partial charge in [0.05, 0.1) is 12.5 Å². The normalized spacial score (nSPS) is 16.3. The van der Waals surface area contributed by atoms with Crippen molar-refractivity contribution in [1.29, 1.82) is 0 Å². The molecule has 1 saturated heterocycles. The van der Waals surface area contributed by atoms with Crippen molar-refractivity contribution >= 4 is 12.4 Å². The maximum atomic E-state index is 11.8. The van der Waals surface area contributed by atoms with Gasteiger partial charge in [-0.3, -0.25) is 9.59 Å². The van der Waals surface area contributed by atoms with Crippen LogP contribution in [0.3, 0.4) is 0 Å². The summed E-state index contributed by atoms with van der Waals surface area (Å²) in [6.45, 7) is 7.56. The third-order valence-electron chi connectivity index (χ3n) is 3.95. The van der Waals surface area contributed by atoms with E-state index in [-0.39, 0.29) is 11.5 Å². The van der Waals surface area contributed by atoms with Crippen LogP contribution in [0.4, 0.5) is 0 Å². The maximum absolute atomic E-state index is 11.8. The Bertz CT molecular complexity index is 546. The van der Waals surface area contributed by atoms with E-state index >= 15 is 0 Å². The van der Waals surface area contributed by atoms with Crippen LogP contribution in [0.2, 0.25) is 0 Å². The molecule has 0 aromatic heterocycles. The molecule has 2 rings (SSSR count). The van der Waals surface area contributed by atoms with Gasteiger partial charge in [-0.05, 0) is 64.4 Å². The number of nitrogens with one attached hydrogen (secondary N) is 1. The third kappa shape index (κ3) is 5.53. The van der Waals surface area contributed by atoms with Crippen LogP contribution in [0.5, 0.6) is 5.75 Å². The highest BCUT2D eigenvalue weighted by Gasteiger charge is 2.39. The first kappa shape index (κ1) is 20.0. The van der Waals surface area contributed by atoms with Gasteiger partial charge in [0.15, 0.2) is 0 Å². The van der Waals surface area contributed by atoms with Crippen molar-refractivity contribution in [2.45, 2.75) is 44.6 Å². The first-order valence-corrected chi connectivity index (χ1v) is 8.02. The smallest absolute Gasteiger partial charge is 0.293 e. The van der Waals surface area contributed by atoms with E-state index in [1.165, 1.54) is 0 Å². The predicted molar refractivity (Wildman–Crippen MR) is 92.9 cm³/mol. The summed E-state index contributed by atoms with van der Waals surface area (Å²) in [6, 6.07) is 7.65. The second kappa shape index (κ2) is 8.68. The van der Waals surface area contributed by atoms with E-state index in [4.69, 9.17) is 10.5 Å². The highest BCUT2D eigenvalue weighted by molar-refractivity contribution is 5.87. The standard InChI is InChI=1S/C13H18N2O2.C5H10O2/c1-17-11-4-2-3-10(9-11)13(12(14)16)5-7-15-8-6-13;1-5(2,3)7-4-6/h2-4,9,15H,5-8H2,1H3,(H2,14,16);4H,1-3H3. The Morgan fingerprint density at radius 1 is 1.29 bits per heavy atom. The van der Waals surface area contributed by atoms with Crippen molar-refractivity contribution in [1.82, 2.24) is 5.32 Å². The van der Waals surface area contributed by atoms with E-state index in [9.17, 15) is 9.59 Å². The fraction of sp³-hybridized carbons (Fsp3) is 0.556. The van der Waals surface area contributed by atoms with Crippen LogP contribution >= 0.6 is 0 Å². The maximum Gasteiger partial charge on any atom is 0.293 e. The molecule has 0 saturated carbocycles. The number of primary amides is 1. The minimum Gasteiger partial charge on any atom is -0.497 e. The summed E-state index contributed by atoms with van der Waals surface area (Å²) in [7, 11) is 1.62. The summed E-state index contributed by atoms with van der Waals surface area (Å²) in [5, 5.41) is 3.25. The van der Waals surface area contributed by atoms with Crippen LogP contribution < -0.4 is 15.8 Å². The van der Waals surface area contributed by atoms with Gasteiger partial charge in [0.25, 0.3) is 6.47 Å². The molecule has 6 nitrogen and oxygen atoms in total. The van der Waals surface area contributed by atoms with Crippen LogP contribution in [0.1, 0.15) is 39.2 Å². The molecule has 1 heterocycles. The fourth-order valence-electron chi connectivity index (χ4n) is 2.60. The fourth-order valence-corrected chi connectivity index (χ4v) is 2.60. The van der Waals surface area contributed by atoms with Gasteiger partial charge in [-0.15, -0.1) is 0 Å². The number of carbonyl (C=O) groups is 2. The topological polar surface area (TPSA) is 90.7 Å². The molecule has 0 aliphatic carbocycles. The second-order valence-electron chi connectivity index (χ2n) is 6.75. The van der Waals surface area contributed by atoms with Crippen molar-refractivity contribution in [3.8, 4) is 5.75 Å². The van der Waals surface area contributed by atoms with Gasteiger partial charge in [0.2, 0.25) is 5.91 Å². The van der Waals surface area contributed by atoms with Crippen LogP contribution in [-0.2, 0) is 19.7 Å². The Labute approximate surface area is 143 Å². The molecule has 1 amide bonds. The molecule has 1 fully saturated rings. The van der Waals surface area contributed by atoms with Crippen LogP contribution in [-0.4, -0.2) is 38.2 Å². The lowest BCUT2D eigenvalue weighted by molar-refractivity contribution is -0.138. The van der Waals surface area contributed by atoms with E-state index in [0.29, 0.717) is 6.47 Å². The summed E-state index contributed by atoms with van der Waals surface area (Å²) in [5.74, 6) is 0.522. The van der Waals surface area contributed by atoms with Crippen molar-refractivity contribution in [3.05, 3.63) is 29.8 Å². The number of ether oxygens (including phenoxy) is 2. The number of nitrogens with two attached hydrogens (primary N) is 1. The SMILES string of the molecule is CC(C)(C)OC=O.COc1cccc(C2(C(N)=O)CCNCC2)c1. The van der Waals surface area contributed by atoms with E-state index in [2.05, 4.69) is 10.1 Å². The number of piperidine rings is 1. The zero-order chi connectivity index (χ0) is 18.2. The summed E-state index contributed by atoms with van der Waals surface area (Å²) in [6.07, 6.45) is 1.49. The minimum absolute atomic E-state index is 0.243. The summed E-state index contributed by atoms with van der Waals surface area (Å²) in [4.78, 5) is 21.4. The molecule has 1 aliphatic rings. The number of carbonyl (C=O) groups excluding carboxylic acids is 2. The van der Waals surface area contributed by atoms with Crippen LogP contribution in [0, 0.1) is 0 Å². The van der Waals surface area contributed by atoms with Gasteiger partial charge in [-0.1, -0.05) is 12.1 Å². The van der Waals surface area contributed by atoms with Crippen molar-refractivity contribution < 1.29 is 19.1 Å². The molecule has 0 atom stereocenters. The highest BCUT2D eigenvalue weighted by Crippen LogP contribution is 2.34. The number of amides is 1. The minimum atomic E-state index is -0.542. The lowest BCUT2D eigenvalue weighted by Gasteiger charge is -2.35. The molecule has 6 heteroatoms. The van der Waals surface area contributed by atoms with Crippen molar-refractivity contribution in [3.63, 3.8) is 0 Å². The Kier molecular flexibility index (Phi) is 7.22. The zero-order valence-corrected chi connectivity index (χ0v) is 14.9. The quantitative estimate of drug-likeness (QED) is 0.818. The number of hydrogen-bond acceptors (Lipinski definition) is 5. The number of hydrogen-bond donors (Lipinski definition) is 2. The molecule has 1 aliphatic heterocycles. The van der Waals surface area contributed by atoms with Gasteiger partial charge >= 0.3 is 0 Å². The monoisotopic (exact) mass is 336 g/mol. The van der Waals surface area contributed by atoms with E-state index < -0.39 is 5.41 Å². The Hall–Kier alpha value is -2.08. The summed E-state index contributed by atoms with van der Waals surface area (Å²) >= 11 is 0. The largest absolute Gasteiger partial charge is 0.497 e. The van der Waals surface area contributed by atoms with E-state index in [1.807, 2.05) is 45.0 Å². The summed E-state index contributed by atoms with van der Waals surface area (Å²) in [5.41, 5.74) is 5.72. The lowest BCUT2D eigenvalue weighted by Crippen LogP contribution is -2.48. The van der Waals surface area contributed by atoms with Gasteiger partial charge in [0, 0.05) is 0 Å². The van der Waals surface area contributed by atoms with Gasteiger partial charge in [-0.25, -0.2) is 0 Å². The van der Waals surface area contributed by atoms with Crippen LogP contribution in [0.25, 0.3) is 0 Å². The van der Waals surface area contributed by atoms with Crippen molar-refractivity contribution in [2.75, 3.05) is 20.2 Å². The molecule has 0 radical (unpaired) electrons. The molecule has 24 heavy (non-hydrogen) atoms. The molecule has 1 aromatic carbocycles. The highest BCUT2D eigenvalue weighted by atomic mass is 16.5. The van der Waals surface area contributed by atoms with Crippen molar-refractivity contribution in [2.24, 2.45) is 5.73 Å². The number of benzene rings is 1. The number of rotatable bonds is 4. The predicted octanol–water partition coefficient (Wildman–Crippen LogP) is 1.76. The van der Waals surface area contributed by atoms with Gasteiger partial charge < -0.3 is 20.5 Å².